The Balaban J connectivity index is 1.80. The first-order valence-corrected chi connectivity index (χ1v) is 6.90. The van der Waals surface area contributed by atoms with Crippen LogP contribution in [0, 0.1) is 5.92 Å². The number of thioether (sulfide) groups is 1. The number of rotatable bonds is 4. The van der Waals surface area contributed by atoms with Crippen molar-refractivity contribution in [1.82, 2.24) is 0 Å². The lowest BCUT2D eigenvalue weighted by Crippen LogP contribution is -2.19. The Kier molecular flexibility index (Phi) is 4.35. The van der Waals surface area contributed by atoms with Gasteiger partial charge in [0.05, 0.1) is 0 Å². The molecule has 0 atom stereocenters. The van der Waals surface area contributed by atoms with E-state index in [9.17, 15) is 0 Å². The van der Waals surface area contributed by atoms with E-state index in [2.05, 4.69) is 18.7 Å². The minimum absolute atomic E-state index is 1.04. The minimum atomic E-state index is 1.04. The highest BCUT2D eigenvalue weighted by Crippen LogP contribution is 2.31. The summed E-state index contributed by atoms with van der Waals surface area (Å²) in [5.41, 5.74) is 0. The molecule has 0 aromatic heterocycles. The molecule has 1 saturated heterocycles. The molecule has 0 amide bonds. The van der Waals surface area contributed by atoms with Crippen LogP contribution >= 0.6 is 33.3 Å². The maximum atomic E-state index is 2.22. The topological polar surface area (TPSA) is 0 Å². The minimum Gasteiger partial charge on any atom is -0.161 e. The third kappa shape index (κ3) is 3.10. The Hall–Kier alpha value is 1.05. The summed E-state index contributed by atoms with van der Waals surface area (Å²) in [7, 11) is 4.03. The first kappa shape index (κ1) is 8.15. The molecule has 1 aliphatic rings. The predicted octanol–water partition coefficient (Wildman–Crippen LogP) is 2.75. The van der Waals surface area contributed by atoms with Crippen molar-refractivity contribution in [3.63, 3.8) is 0 Å². The molecule has 0 bridgehead atoms. The van der Waals surface area contributed by atoms with Crippen molar-refractivity contribution in [3.05, 3.63) is 0 Å². The summed E-state index contributed by atoms with van der Waals surface area (Å²) in [5, 5.41) is 0. The van der Waals surface area contributed by atoms with E-state index >= 15 is 0 Å². The second kappa shape index (κ2) is 4.80. The van der Waals surface area contributed by atoms with Crippen molar-refractivity contribution in [2.24, 2.45) is 5.92 Å². The van der Waals surface area contributed by atoms with Gasteiger partial charge in [0.25, 0.3) is 0 Å². The summed E-state index contributed by atoms with van der Waals surface area (Å²) in [6, 6.07) is 0. The monoisotopic (exact) mass is 180 g/mol. The van der Waals surface area contributed by atoms with E-state index in [0.717, 1.165) is 5.92 Å². The largest absolute Gasteiger partial charge is 0.161 e. The standard InChI is InChI=1S/C6H12S3/c1-2-8-9-5-6-3-7-4-6/h6H,2-5H2,1H3. The van der Waals surface area contributed by atoms with E-state index in [0.29, 0.717) is 0 Å². The zero-order valence-electron chi connectivity index (χ0n) is 5.63. The SMILES string of the molecule is CCSSCC1CSC1. The molecule has 0 aromatic rings. The molecule has 0 spiro atoms. The molecular weight excluding hydrogens is 168 g/mol. The van der Waals surface area contributed by atoms with Gasteiger partial charge in [0, 0.05) is 11.5 Å². The molecule has 1 heterocycles. The van der Waals surface area contributed by atoms with Crippen LogP contribution in [0.5, 0.6) is 0 Å². The fourth-order valence-electron chi connectivity index (χ4n) is 0.608. The van der Waals surface area contributed by atoms with E-state index in [1.807, 2.05) is 21.6 Å². The van der Waals surface area contributed by atoms with E-state index in [4.69, 9.17) is 0 Å². The summed E-state index contributed by atoms with van der Waals surface area (Å²) in [5.74, 6) is 6.50. The van der Waals surface area contributed by atoms with Crippen molar-refractivity contribution in [3.8, 4) is 0 Å². The van der Waals surface area contributed by atoms with Gasteiger partial charge in [-0.1, -0.05) is 28.5 Å². The van der Waals surface area contributed by atoms with Gasteiger partial charge >= 0.3 is 0 Å². The maximum Gasteiger partial charge on any atom is 0.00810 e. The lowest BCUT2D eigenvalue weighted by molar-refractivity contribution is 0.738. The highest BCUT2D eigenvalue weighted by Gasteiger charge is 2.17. The van der Waals surface area contributed by atoms with Crippen LogP contribution < -0.4 is 0 Å². The van der Waals surface area contributed by atoms with Gasteiger partial charge in [-0.25, -0.2) is 0 Å². The van der Waals surface area contributed by atoms with Crippen LogP contribution in [-0.2, 0) is 0 Å². The Labute approximate surface area is 69.3 Å². The van der Waals surface area contributed by atoms with Crippen molar-refractivity contribution < 1.29 is 0 Å². The molecule has 0 saturated carbocycles. The second-order valence-corrected chi connectivity index (χ2v) is 5.97. The Morgan fingerprint density at radius 2 is 2.22 bits per heavy atom. The third-order valence-corrected chi connectivity index (χ3v) is 5.25. The highest BCUT2D eigenvalue weighted by molar-refractivity contribution is 8.76. The van der Waals surface area contributed by atoms with Crippen LogP contribution in [0.1, 0.15) is 6.92 Å². The van der Waals surface area contributed by atoms with Crippen LogP contribution in [-0.4, -0.2) is 23.0 Å². The summed E-state index contributed by atoms with van der Waals surface area (Å²) in [6.07, 6.45) is 0. The zero-order valence-corrected chi connectivity index (χ0v) is 8.08. The van der Waals surface area contributed by atoms with Gasteiger partial charge in [0.2, 0.25) is 0 Å². The average Bonchev–Trinajstić information content (AvgIpc) is 1.76. The van der Waals surface area contributed by atoms with Gasteiger partial charge in [0.1, 0.15) is 0 Å². The van der Waals surface area contributed by atoms with Gasteiger partial charge in [-0.05, 0) is 17.4 Å². The first-order valence-electron chi connectivity index (χ1n) is 3.25. The van der Waals surface area contributed by atoms with Crippen LogP contribution in [0.4, 0.5) is 0 Å². The fraction of sp³-hybridized carbons (Fsp3) is 1.00. The first-order chi connectivity index (χ1) is 4.43. The molecule has 1 rings (SSSR count). The van der Waals surface area contributed by atoms with Crippen molar-refractivity contribution >= 4 is 33.3 Å². The van der Waals surface area contributed by atoms with Gasteiger partial charge in [-0.3, -0.25) is 0 Å². The highest BCUT2D eigenvalue weighted by atomic mass is 33.1. The van der Waals surface area contributed by atoms with Crippen molar-refractivity contribution in [1.29, 1.82) is 0 Å². The van der Waals surface area contributed by atoms with Crippen LogP contribution in [0.15, 0.2) is 0 Å². The van der Waals surface area contributed by atoms with Crippen molar-refractivity contribution in [2.45, 2.75) is 6.92 Å². The summed E-state index contributed by atoms with van der Waals surface area (Å²) < 4.78 is 0. The summed E-state index contributed by atoms with van der Waals surface area (Å²) in [6.45, 7) is 2.22. The molecular formula is C6H12S3. The Bertz CT molecular complexity index is 70.7. The smallest absolute Gasteiger partial charge is 0.00810 e. The van der Waals surface area contributed by atoms with Gasteiger partial charge in [-0.2, -0.15) is 11.8 Å². The van der Waals surface area contributed by atoms with Gasteiger partial charge in [-0.15, -0.1) is 0 Å². The molecule has 9 heavy (non-hydrogen) atoms. The van der Waals surface area contributed by atoms with E-state index < -0.39 is 0 Å². The average molecular weight is 180 g/mol. The van der Waals surface area contributed by atoms with E-state index in [1.165, 1.54) is 23.0 Å². The Morgan fingerprint density at radius 1 is 1.44 bits per heavy atom. The van der Waals surface area contributed by atoms with Crippen LogP contribution in [0.2, 0.25) is 0 Å². The van der Waals surface area contributed by atoms with Gasteiger partial charge in [0.15, 0.2) is 0 Å². The van der Waals surface area contributed by atoms with Crippen LogP contribution in [0.3, 0.4) is 0 Å². The quantitative estimate of drug-likeness (QED) is 0.482. The predicted molar refractivity (Wildman–Crippen MR) is 51.4 cm³/mol. The van der Waals surface area contributed by atoms with Gasteiger partial charge < -0.3 is 0 Å². The maximum absolute atomic E-state index is 2.22. The third-order valence-electron chi connectivity index (χ3n) is 1.21. The molecule has 1 aliphatic heterocycles. The molecule has 3 heteroatoms. The zero-order chi connectivity index (χ0) is 6.53. The molecule has 0 nitrogen and oxygen atoms in total. The lowest BCUT2D eigenvalue weighted by atomic mass is 10.2. The molecule has 54 valence electrons. The normalized spacial score (nSPS) is 19.7. The molecule has 0 aromatic carbocycles. The lowest BCUT2D eigenvalue weighted by Gasteiger charge is -2.23. The fourth-order valence-corrected chi connectivity index (χ4v) is 3.77. The number of hydrogen-bond donors (Lipinski definition) is 0. The molecule has 0 unspecified atom stereocenters. The molecule has 1 fully saturated rings. The second-order valence-electron chi connectivity index (χ2n) is 2.09. The molecule has 0 N–H and O–H groups in total. The number of hydrogen-bond acceptors (Lipinski definition) is 3. The molecule has 0 aliphatic carbocycles. The summed E-state index contributed by atoms with van der Waals surface area (Å²) in [4.78, 5) is 0. The molecule has 0 radical (unpaired) electrons. The van der Waals surface area contributed by atoms with Crippen molar-refractivity contribution in [2.75, 3.05) is 23.0 Å². The van der Waals surface area contributed by atoms with Crippen LogP contribution in [0.25, 0.3) is 0 Å². The summed E-state index contributed by atoms with van der Waals surface area (Å²) >= 11 is 2.08. The van der Waals surface area contributed by atoms with E-state index in [-0.39, 0.29) is 0 Å². The van der Waals surface area contributed by atoms with E-state index in [1.54, 1.807) is 0 Å². The Morgan fingerprint density at radius 3 is 2.67 bits per heavy atom.